The highest BCUT2D eigenvalue weighted by Crippen LogP contribution is 2.33. The van der Waals surface area contributed by atoms with E-state index in [1.807, 2.05) is 37.3 Å². The number of ether oxygens (including phenoxy) is 2. The molecule has 1 amide bonds. The summed E-state index contributed by atoms with van der Waals surface area (Å²) in [6.07, 6.45) is 3.22. The first-order chi connectivity index (χ1) is 13.0. The second-order valence-corrected chi connectivity index (χ2v) is 6.40. The van der Waals surface area contributed by atoms with Gasteiger partial charge in [0, 0.05) is 23.0 Å². The summed E-state index contributed by atoms with van der Waals surface area (Å²) >= 11 is 6.18. The van der Waals surface area contributed by atoms with E-state index in [0.717, 1.165) is 11.1 Å². The van der Waals surface area contributed by atoms with E-state index in [4.69, 9.17) is 21.1 Å². The number of aromatic nitrogens is 2. The zero-order chi connectivity index (χ0) is 19.4. The number of hydrogen-bond acceptors (Lipinski definition) is 4. The van der Waals surface area contributed by atoms with E-state index in [2.05, 4.69) is 10.4 Å². The van der Waals surface area contributed by atoms with Crippen LogP contribution in [0.4, 0.5) is 5.69 Å². The molecule has 3 rings (SSSR count). The number of rotatable bonds is 6. The maximum Gasteiger partial charge on any atom is 0.258 e. The van der Waals surface area contributed by atoms with Crippen molar-refractivity contribution in [1.82, 2.24) is 9.78 Å². The summed E-state index contributed by atoms with van der Waals surface area (Å²) in [7, 11) is 3.13. The van der Waals surface area contributed by atoms with E-state index >= 15 is 0 Å². The molecule has 0 spiro atoms. The number of halogens is 1. The summed E-state index contributed by atoms with van der Waals surface area (Å²) in [6.45, 7) is 2.38. The zero-order valence-corrected chi connectivity index (χ0v) is 16.1. The molecule has 0 saturated carbocycles. The van der Waals surface area contributed by atoms with E-state index in [1.54, 1.807) is 31.2 Å². The summed E-state index contributed by atoms with van der Waals surface area (Å²) in [4.78, 5) is 12.6. The lowest BCUT2D eigenvalue weighted by Crippen LogP contribution is -2.12. The Kier molecular flexibility index (Phi) is 5.66. The van der Waals surface area contributed by atoms with Crippen LogP contribution in [0.3, 0.4) is 0 Å². The van der Waals surface area contributed by atoms with Gasteiger partial charge in [0.05, 0.1) is 32.5 Å². The van der Waals surface area contributed by atoms with Crippen LogP contribution < -0.4 is 14.8 Å². The number of nitrogens with zero attached hydrogens (tertiary/aromatic N) is 2. The first-order valence-electron chi connectivity index (χ1n) is 8.31. The van der Waals surface area contributed by atoms with Gasteiger partial charge in [-0.2, -0.15) is 5.10 Å². The van der Waals surface area contributed by atoms with Crippen molar-refractivity contribution >= 4 is 23.2 Å². The molecule has 0 aliphatic heterocycles. The van der Waals surface area contributed by atoms with Crippen LogP contribution in [0.15, 0.2) is 48.8 Å². The third kappa shape index (κ3) is 4.23. The lowest BCUT2D eigenvalue weighted by atomic mass is 10.1. The molecule has 1 heterocycles. The quantitative estimate of drug-likeness (QED) is 0.691. The van der Waals surface area contributed by atoms with Gasteiger partial charge >= 0.3 is 0 Å². The minimum Gasteiger partial charge on any atom is -0.493 e. The highest BCUT2D eigenvalue weighted by molar-refractivity contribution is 6.31. The zero-order valence-electron chi connectivity index (χ0n) is 15.3. The van der Waals surface area contributed by atoms with E-state index in [-0.39, 0.29) is 5.91 Å². The molecule has 0 unspecified atom stereocenters. The summed E-state index contributed by atoms with van der Waals surface area (Å²) in [5, 5.41) is 7.81. The summed E-state index contributed by atoms with van der Waals surface area (Å²) in [5.41, 5.74) is 2.90. The minimum atomic E-state index is -0.254. The molecule has 27 heavy (non-hydrogen) atoms. The molecule has 0 fully saturated rings. The van der Waals surface area contributed by atoms with Crippen molar-refractivity contribution in [2.24, 2.45) is 0 Å². The van der Waals surface area contributed by atoms with Crippen molar-refractivity contribution in [3.63, 3.8) is 0 Å². The molecule has 0 atom stereocenters. The van der Waals surface area contributed by atoms with E-state index in [9.17, 15) is 4.79 Å². The van der Waals surface area contributed by atoms with Crippen LogP contribution in [-0.4, -0.2) is 29.9 Å². The minimum absolute atomic E-state index is 0.254. The Hall–Kier alpha value is -2.99. The third-order valence-electron chi connectivity index (χ3n) is 4.16. The topological polar surface area (TPSA) is 65.4 Å². The van der Waals surface area contributed by atoms with Gasteiger partial charge in [0.15, 0.2) is 11.5 Å². The fourth-order valence-corrected chi connectivity index (χ4v) is 2.87. The predicted molar refractivity (Wildman–Crippen MR) is 105 cm³/mol. The first kappa shape index (κ1) is 18.8. The van der Waals surface area contributed by atoms with Crippen LogP contribution in [0.5, 0.6) is 11.5 Å². The molecule has 6 nitrogen and oxygen atoms in total. The van der Waals surface area contributed by atoms with Crippen LogP contribution in [0.25, 0.3) is 0 Å². The fraction of sp³-hybridized carbons (Fsp3) is 0.200. The average molecular weight is 386 g/mol. The van der Waals surface area contributed by atoms with Gasteiger partial charge in [-0.25, -0.2) is 0 Å². The maximum absolute atomic E-state index is 12.6. The molecule has 0 bridgehead atoms. The van der Waals surface area contributed by atoms with Crippen LogP contribution in [0, 0.1) is 6.92 Å². The van der Waals surface area contributed by atoms with Gasteiger partial charge < -0.3 is 14.8 Å². The number of carbonyl (C=O) groups excluding carboxylic acids is 1. The molecular formula is C20H20ClN3O3. The molecular weight excluding hydrogens is 366 g/mol. The van der Waals surface area contributed by atoms with Gasteiger partial charge in [0.2, 0.25) is 0 Å². The lowest BCUT2D eigenvalue weighted by molar-refractivity contribution is 0.102. The monoisotopic (exact) mass is 385 g/mol. The first-order valence-corrected chi connectivity index (χ1v) is 8.69. The van der Waals surface area contributed by atoms with Crippen molar-refractivity contribution in [1.29, 1.82) is 0 Å². The summed E-state index contributed by atoms with van der Waals surface area (Å²) < 4.78 is 12.2. The smallest absolute Gasteiger partial charge is 0.258 e. The molecule has 3 aromatic rings. The molecule has 0 saturated heterocycles. The Bertz CT molecular complexity index is 969. The van der Waals surface area contributed by atoms with Crippen LogP contribution >= 0.6 is 11.6 Å². The van der Waals surface area contributed by atoms with Crippen molar-refractivity contribution in [2.75, 3.05) is 19.5 Å². The van der Waals surface area contributed by atoms with Crippen molar-refractivity contribution in [2.45, 2.75) is 13.5 Å². The Labute approximate surface area is 162 Å². The van der Waals surface area contributed by atoms with E-state index < -0.39 is 0 Å². The molecule has 0 radical (unpaired) electrons. The van der Waals surface area contributed by atoms with Gasteiger partial charge in [0.1, 0.15) is 0 Å². The van der Waals surface area contributed by atoms with Crippen molar-refractivity contribution < 1.29 is 14.3 Å². The van der Waals surface area contributed by atoms with Gasteiger partial charge in [-0.15, -0.1) is 0 Å². The number of amides is 1. The number of carbonyl (C=O) groups is 1. The number of methoxy groups -OCH3 is 2. The molecule has 2 aromatic carbocycles. The van der Waals surface area contributed by atoms with Gasteiger partial charge in [0.25, 0.3) is 5.91 Å². The van der Waals surface area contributed by atoms with Gasteiger partial charge in [-0.05, 0) is 30.2 Å². The number of hydrogen-bond donors (Lipinski definition) is 1. The molecule has 1 N–H and O–H groups in total. The largest absolute Gasteiger partial charge is 0.493 e. The second-order valence-electron chi connectivity index (χ2n) is 5.99. The second kappa shape index (κ2) is 8.14. The fourth-order valence-electron chi connectivity index (χ4n) is 2.68. The SMILES string of the molecule is COc1cc(C)c(NC(=O)c2cnn(Cc3ccccc3Cl)c2)cc1OC. The Balaban J connectivity index is 1.76. The molecule has 0 aliphatic rings. The highest BCUT2D eigenvalue weighted by atomic mass is 35.5. The molecule has 140 valence electrons. The Morgan fingerprint density at radius 1 is 1.19 bits per heavy atom. The summed E-state index contributed by atoms with van der Waals surface area (Å²) in [5.74, 6) is 0.907. The number of nitrogens with one attached hydrogen (secondary N) is 1. The van der Waals surface area contributed by atoms with E-state index in [1.165, 1.54) is 6.20 Å². The average Bonchev–Trinajstić information content (AvgIpc) is 3.13. The number of benzene rings is 2. The Morgan fingerprint density at radius 3 is 2.59 bits per heavy atom. The van der Waals surface area contributed by atoms with E-state index in [0.29, 0.717) is 34.3 Å². The van der Waals surface area contributed by atoms with Gasteiger partial charge in [-0.3, -0.25) is 9.48 Å². The third-order valence-corrected chi connectivity index (χ3v) is 4.53. The normalized spacial score (nSPS) is 10.5. The van der Waals surface area contributed by atoms with Crippen LogP contribution in [0.1, 0.15) is 21.5 Å². The Morgan fingerprint density at radius 2 is 1.89 bits per heavy atom. The van der Waals surface area contributed by atoms with Crippen LogP contribution in [-0.2, 0) is 6.54 Å². The molecule has 1 aromatic heterocycles. The lowest BCUT2D eigenvalue weighted by Gasteiger charge is -2.13. The number of anilines is 1. The summed E-state index contributed by atoms with van der Waals surface area (Å²) in [6, 6.07) is 11.1. The van der Waals surface area contributed by atoms with Crippen molar-refractivity contribution in [3.05, 3.63) is 70.5 Å². The van der Waals surface area contributed by atoms with Gasteiger partial charge in [-0.1, -0.05) is 29.8 Å². The number of aryl methyl sites for hydroxylation is 1. The molecule has 0 aliphatic carbocycles. The standard InChI is InChI=1S/C20H20ClN3O3/c1-13-8-18(26-2)19(27-3)9-17(13)23-20(25)15-10-22-24(12-15)11-14-6-4-5-7-16(14)21/h4-10,12H,11H2,1-3H3,(H,23,25). The van der Waals surface area contributed by atoms with Crippen LogP contribution in [0.2, 0.25) is 5.02 Å². The highest BCUT2D eigenvalue weighted by Gasteiger charge is 2.14. The predicted octanol–water partition coefficient (Wildman–Crippen LogP) is 4.16. The van der Waals surface area contributed by atoms with Crippen molar-refractivity contribution in [3.8, 4) is 11.5 Å². The maximum atomic E-state index is 12.6. The molecule has 7 heteroatoms.